The second-order valence-electron chi connectivity index (χ2n) is 8.54. The molecule has 5 heteroatoms. The molecule has 0 aliphatic carbocycles. The van der Waals surface area contributed by atoms with Crippen molar-refractivity contribution in [2.24, 2.45) is 7.05 Å². The molecule has 4 aromatic rings. The molecule has 2 aromatic carbocycles. The maximum atomic E-state index is 4.42. The van der Waals surface area contributed by atoms with Crippen molar-refractivity contribution in [1.29, 1.82) is 0 Å². The average molecular weight is 424 g/mol. The Morgan fingerprint density at radius 2 is 1.53 bits per heavy atom. The molecule has 0 amide bonds. The Balaban J connectivity index is 1.22. The van der Waals surface area contributed by atoms with E-state index in [1.165, 1.54) is 27.7 Å². The highest BCUT2D eigenvalue weighted by atomic mass is 15.2. The van der Waals surface area contributed by atoms with Crippen LogP contribution >= 0.6 is 0 Å². The van der Waals surface area contributed by atoms with E-state index in [9.17, 15) is 0 Å². The third-order valence-corrected chi connectivity index (χ3v) is 6.19. The minimum absolute atomic E-state index is 0.919. The fraction of sp³-hybridized carbons (Fsp3) is 0.222. The van der Waals surface area contributed by atoms with E-state index in [-0.39, 0.29) is 0 Å². The molecule has 1 fully saturated rings. The van der Waals surface area contributed by atoms with Crippen molar-refractivity contribution in [1.82, 2.24) is 19.7 Å². The molecule has 0 unspecified atom stereocenters. The number of nitrogens with zero attached hydrogens (tertiary/aromatic N) is 4. The van der Waals surface area contributed by atoms with Crippen LogP contribution < -0.4 is 4.90 Å². The fourth-order valence-electron chi connectivity index (χ4n) is 4.14. The van der Waals surface area contributed by atoms with Crippen molar-refractivity contribution >= 4 is 40.9 Å². The van der Waals surface area contributed by atoms with Gasteiger partial charge in [0.25, 0.3) is 0 Å². The smallest absolute Gasteiger partial charge is 0.0854 e. The van der Waals surface area contributed by atoms with Crippen LogP contribution in [-0.2, 0) is 7.05 Å². The molecule has 1 aliphatic rings. The minimum Gasteiger partial charge on any atom is -0.369 e. The quantitative estimate of drug-likeness (QED) is 0.491. The zero-order chi connectivity index (χ0) is 21.9. The van der Waals surface area contributed by atoms with E-state index in [1.807, 2.05) is 6.08 Å². The van der Waals surface area contributed by atoms with Gasteiger partial charge in [-0.25, -0.2) is 0 Å². The van der Waals surface area contributed by atoms with Gasteiger partial charge in [0.15, 0.2) is 0 Å². The molecule has 32 heavy (non-hydrogen) atoms. The average Bonchev–Trinajstić information content (AvgIpc) is 3.44. The largest absolute Gasteiger partial charge is 0.369 e. The standard InChI is InChI=1S/C27H29N5/c1-30-15-17-32(18-16-30)26-11-6-21(7-12-26)4-9-24-20-25(29-28-24)10-5-22-3-8-23-13-14-31(2)27(23)19-22/h3-14,19-20H,15-18H2,1-2H3,(H,28,29)/b9-4+,10-5?. The van der Waals surface area contributed by atoms with Gasteiger partial charge < -0.3 is 14.4 Å². The molecular formula is C27H29N5. The summed E-state index contributed by atoms with van der Waals surface area (Å²) in [5, 5.41) is 8.78. The number of rotatable bonds is 5. The third kappa shape index (κ3) is 4.53. The molecule has 0 atom stereocenters. The molecule has 2 aromatic heterocycles. The summed E-state index contributed by atoms with van der Waals surface area (Å²) in [6.07, 6.45) is 10.4. The van der Waals surface area contributed by atoms with Gasteiger partial charge in [-0.2, -0.15) is 5.10 Å². The van der Waals surface area contributed by atoms with Crippen molar-refractivity contribution in [2.45, 2.75) is 0 Å². The van der Waals surface area contributed by atoms with Crippen LogP contribution in [0.2, 0.25) is 0 Å². The molecule has 1 N–H and O–H groups in total. The molecule has 1 aliphatic heterocycles. The second kappa shape index (κ2) is 8.89. The van der Waals surface area contributed by atoms with Crippen molar-refractivity contribution in [3.05, 3.63) is 83.3 Å². The van der Waals surface area contributed by atoms with Crippen LogP contribution in [0.15, 0.2) is 60.8 Å². The van der Waals surface area contributed by atoms with Crippen molar-refractivity contribution < 1.29 is 0 Å². The molecule has 5 nitrogen and oxygen atoms in total. The lowest BCUT2D eigenvalue weighted by Gasteiger charge is -2.34. The zero-order valence-electron chi connectivity index (χ0n) is 18.7. The summed E-state index contributed by atoms with van der Waals surface area (Å²) in [7, 11) is 4.26. The first-order chi connectivity index (χ1) is 15.6. The second-order valence-corrected chi connectivity index (χ2v) is 8.54. The highest BCUT2D eigenvalue weighted by Gasteiger charge is 2.13. The Hall–Kier alpha value is -3.57. The molecule has 0 bridgehead atoms. The summed E-state index contributed by atoms with van der Waals surface area (Å²) in [4.78, 5) is 4.83. The number of piperazine rings is 1. The van der Waals surface area contributed by atoms with E-state index < -0.39 is 0 Å². The van der Waals surface area contributed by atoms with E-state index in [2.05, 4.69) is 118 Å². The Morgan fingerprint density at radius 3 is 2.34 bits per heavy atom. The molecule has 3 heterocycles. The first-order valence-corrected chi connectivity index (χ1v) is 11.1. The van der Waals surface area contributed by atoms with Crippen LogP contribution in [0.5, 0.6) is 0 Å². The minimum atomic E-state index is 0.919. The number of benzene rings is 2. The lowest BCUT2D eigenvalue weighted by molar-refractivity contribution is 0.313. The SMILES string of the molecule is CN1CCN(c2ccc(/C=C/c3cc(C=Cc4ccc5ccn(C)c5c4)n[nH]3)cc2)CC1. The number of nitrogens with one attached hydrogen (secondary N) is 1. The van der Waals surface area contributed by atoms with E-state index in [4.69, 9.17) is 0 Å². The van der Waals surface area contributed by atoms with Crippen molar-refractivity contribution in [2.75, 3.05) is 38.1 Å². The summed E-state index contributed by atoms with van der Waals surface area (Å²) in [6, 6.07) is 19.5. The molecule has 5 rings (SSSR count). The van der Waals surface area contributed by atoms with E-state index in [0.717, 1.165) is 37.6 Å². The predicted molar refractivity (Wildman–Crippen MR) is 136 cm³/mol. The monoisotopic (exact) mass is 423 g/mol. The van der Waals surface area contributed by atoms with E-state index >= 15 is 0 Å². The highest BCUT2D eigenvalue weighted by molar-refractivity contribution is 5.84. The Kier molecular flexibility index (Phi) is 5.65. The maximum absolute atomic E-state index is 4.42. The van der Waals surface area contributed by atoms with Gasteiger partial charge in [-0.1, -0.05) is 36.4 Å². The summed E-state index contributed by atoms with van der Waals surface area (Å²) < 4.78 is 2.14. The van der Waals surface area contributed by atoms with E-state index in [1.54, 1.807) is 0 Å². The Bertz CT molecular complexity index is 1250. The normalized spacial score (nSPS) is 15.5. The number of likely N-dealkylation sites (N-methyl/N-ethyl adjacent to an activating group) is 1. The number of anilines is 1. The molecule has 1 saturated heterocycles. The summed E-state index contributed by atoms with van der Waals surface area (Å²) in [6.45, 7) is 4.43. The Labute approximate surface area is 189 Å². The lowest BCUT2D eigenvalue weighted by Crippen LogP contribution is -2.44. The summed E-state index contributed by atoms with van der Waals surface area (Å²) in [5.41, 5.74) is 6.80. The van der Waals surface area contributed by atoms with Crippen LogP contribution in [0, 0.1) is 0 Å². The topological polar surface area (TPSA) is 40.1 Å². The Morgan fingerprint density at radius 1 is 0.781 bits per heavy atom. The molecule has 0 radical (unpaired) electrons. The van der Waals surface area contributed by atoms with E-state index in [0.29, 0.717) is 0 Å². The first kappa shape index (κ1) is 20.3. The summed E-state index contributed by atoms with van der Waals surface area (Å²) in [5.74, 6) is 0. The molecule has 162 valence electrons. The van der Waals surface area contributed by atoms with Crippen LogP contribution in [0.1, 0.15) is 22.5 Å². The van der Waals surface area contributed by atoms with Crippen LogP contribution in [0.3, 0.4) is 0 Å². The number of H-pyrrole nitrogens is 1. The highest BCUT2D eigenvalue weighted by Crippen LogP contribution is 2.20. The number of aromatic nitrogens is 3. The van der Waals surface area contributed by atoms with Gasteiger partial charge in [0.2, 0.25) is 0 Å². The predicted octanol–water partition coefficient (Wildman–Crippen LogP) is 4.99. The van der Waals surface area contributed by atoms with Crippen LogP contribution in [-0.4, -0.2) is 52.9 Å². The van der Waals surface area contributed by atoms with Crippen molar-refractivity contribution in [3.8, 4) is 0 Å². The fourth-order valence-corrected chi connectivity index (χ4v) is 4.14. The van der Waals surface area contributed by atoms with Crippen LogP contribution in [0.25, 0.3) is 35.2 Å². The maximum Gasteiger partial charge on any atom is 0.0854 e. The molecule has 0 saturated carbocycles. The van der Waals surface area contributed by atoms with Gasteiger partial charge in [0, 0.05) is 50.6 Å². The number of aryl methyl sites for hydroxylation is 1. The molecule has 0 spiro atoms. The van der Waals surface area contributed by atoms with Crippen molar-refractivity contribution in [3.63, 3.8) is 0 Å². The van der Waals surface area contributed by atoms with Gasteiger partial charge in [0.1, 0.15) is 0 Å². The number of aromatic amines is 1. The number of hydrogen-bond donors (Lipinski definition) is 1. The lowest BCUT2D eigenvalue weighted by atomic mass is 10.1. The van der Waals surface area contributed by atoms with Gasteiger partial charge in [-0.15, -0.1) is 0 Å². The molecular weight excluding hydrogens is 394 g/mol. The first-order valence-electron chi connectivity index (χ1n) is 11.1. The number of hydrogen-bond acceptors (Lipinski definition) is 3. The van der Waals surface area contributed by atoms with Gasteiger partial charge >= 0.3 is 0 Å². The van der Waals surface area contributed by atoms with Gasteiger partial charge in [-0.05, 0) is 66.0 Å². The van der Waals surface area contributed by atoms with Gasteiger partial charge in [0.05, 0.1) is 11.4 Å². The third-order valence-electron chi connectivity index (χ3n) is 6.19. The summed E-state index contributed by atoms with van der Waals surface area (Å²) >= 11 is 0. The van der Waals surface area contributed by atoms with Gasteiger partial charge in [-0.3, -0.25) is 5.10 Å². The number of fused-ring (bicyclic) bond motifs is 1. The van der Waals surface area contributed by atoms with Crippen LogP contribution in [0.4, 0.5) is 5.69 Å². The zero-order valence-corrected chi connectivity index (χ0v) is 18.7.